The average molecular weight is 293 g/mol. The van der Waals surface area contributed by atoms with Crippen molar-refractivity contribution in [3.8, 4) is 0 Å². The molecule has 2 rings (SSSR count). The standard InChI is InChI=1S/C16H21ClN2O/c1-4-19-15(14(17)10-18-19)16(20)13-7-5-12(6-8-13)9-11(2)3/h5-8,10-11,16,20H,4,9H2,1-3H3. The van der Waals surface area contributed by atoms with Crippen LogP contribution in [0.2, 0.25) is 5.02 Å². The van der Waals surface area contributed by atoms with Gasteiger partial charge >= 0.3 is 0 Å². The molecule has 20 heavy (non-hydrogen) atoms. The molecule has 0 amide bonds. The summed E-state index contributed by atoms with van der Waals surface area (Å²) in [6.07, 6.45) is 1.89. The van der Waals surface area contributed by atoms with Gasteiger partial charge in [-0.3, -0.25) is 4.68 Å². The van der Waals surface area contributed by atoms with E-state index in [4.69, 9.17) is 11.6 Å². The highest BCUT2D eigenvalue weighted by molar-refractivity contribution is 6.31. The fraction of sp³-hybridized carbons (Fsp3) is 0.438. The number of aliphatic hydroxyl groups excluding tert-OH is 1. The fourth-order valence-corrected chi connectivity index (χ4v) is 2.61. The zero-order valence-corrected chi connectivity index (χ0v) is 12.9. The van der Waals surface area contributed by atoms with Crippen LogP contribution >= 0.6 is 11.6 Å². The Labute approximate surface area is 125 Å². The van der Waals surface area contributed by atoms with E-state index >= 15 is 0 Å². The first-order chi connectivity index (χ1) is 9.52. The summed E-state index contributed by atoms with van der Waals surface area (Å²) in [5.74, 6) is 0.627. The SMILES string of the molecule is CCn1ncc(Cl)c1C(O)c1ccc(CC(C)C)cc1. The zero-order chi connectivity index (χ0) is 14.7. The molecule has 0 spiro atoms. The predicted molar refractivity (Wildman–Crippen MR) is 82.0 cm³/mol. The Morgan fingerprint density at radius 1 is 1.25 bits per heavy atom. The first kappa shape index (κ1) is 15.1. The third-order valence-electron chi connectivity index (χ3n) is 3.33. The lowest BCUT2D eigenvalue weighted by Crippen LogP contribution is -2.09. The van der Waals surface area contributed by atoms with Gasteiger partial charge in [0.15, 0.2) is 0 Å². The van der Waals surface area contributed by atoms with Gasteiger partial charge in [-0.05, 0) is 30.4 Å². The molecule has 0 fully saturated rings. The molecule has 0 saturated heterocycles. The van der Waals surface area contributed by atoms with E-state index in [0.717, 1.165) is 12.0 Å². The molecule has 2 aromatic rings. The molecule has 108 valence electrons. The molecular weight excluding hydrogens is 272 g/mol. The number of nitrogens with zero attached hydrogens (tertiary/aromatic N) is 2. The highest BCUT2D eigenvalue weighted by Gasteiger charge is 2.19. The zero-order valence-electron chi connectivity index (χ0n) is 12.2. The van der Waals surface area contributed by atoms with Crippen LogP contribution in [0, 0.1) is 5.92 Å². The molecule has 4 heteroatoms. The van der Waals surface area contributed by atoms with E-state index in [1.54, 1.807) is 10.9 Å². The average Bonchev–Trinajstić information content (AvgIpc) is 2.79. The third kappa shape index (κ3) is 3.22. The predicted octanol–water partition coefficient (Wildman–Crippen LogP) is 3.84. The quantitative estimate of drug-likeness (QED) is 0.909. The van der Waals surface area contributed by atoms with Crippen molar-refractivity contribution < 1.29 is 5.11 Å². The highest BCUT2D eigenvalue weighted by atomic mass is 35.5. The lowest BCUT2D eigenvalue weighted by atomic mass is 9.99. The van der Waals surface area contributed by atoms with Gasteiger partial charge in [-0.25, -0.2) is 0 Å². The van der Waals surface area contributed by atoms with Crippen LogP contribution in [0.4, 0.5) is 0 Å². The lowest BCUT2D eigenvalue weighted by Gasteiger charge is -2.14. The van der Waals surface area contributed by atoms with E-state index < -0.39 is 6.10 Å². The van der Waals surface area contributed by atoms with Gasteiger partial charge in [-0.15, -0.1) is 0 Å². The monoisotopic (exact) mass is 292 g/mol. The van der Waals surface area contributed by atoms with Gasteiger partial charge in [-0.1, -0.05) is 49.7 Å². The van der Waals surface area contributed by atoms with Crippen molar-refractivity contribution in [2.45, 2.75) is 39.8 Å². The molecule has 3 nitrogen and oxygen atoms in total. The summed E-state index contributed by atoms with van der Waals surface area (Å²) in [6, 6.07) is 8.07. The van der Waals surface area contributed by atoms with Crippen LogP contribution in [-0.4, -0.2) is 14.9 Å². The Bertz CT molecular complexity index is 560. The number of aliphatic hydroxyl groups is 1. The minimum Gasteiger partial charge on any atom is -0.382 e. The van der Waals surface area contributed by atoms with Gasteiger partial charge in [0, 0.05) is 6.54 Å². The third-order valence-corrected chi connectivity index (χ3v) is 3.62. The maximum atomic E-state index is 10.5. The topological polar surface area (TPSA) is 38.0 Å². The normalized spacial score (nSPS) is 12.9. The summed E-state index contributed by atoms with van der Waals surface area (Å²) in [7, 11) is 0. The second-order valence-corrected chi connectivity index (χ2v) is 5.84. The van der Waals surface area contributed by atoms with Crippen molar-refractivity contribution in [2.75, 3.05) is 0 Å². The van der Waals surface area contributed by atoms with Crippen LogP contribution in [0.5, 0.6) is 0 Å². The number of aryl methyl sites for hydroxylation is 1. The second kappa shape index (κ2) is 6.42. The molecule has 0 bridgehead atoms. The Hall–Kier alpha value is -1.32. The molecule has 0 aliphatic carbocycles. The van der Waals surface area contributed by atoms with E-state index in [0.29, 0.717) is 23.2 Å². The van der Waals surface area contributed by atoms with Crippen LogP contribution in [0.1, 0.15) is 43.7 Å². The summed E-state index contributed by atoms with van der Waals surface area (Å²) in [5.41, 5.74) is 2.78. The Morgan fingerprint density at radius 2 is 1.90 bits per heavy atom. The molecule has 0 saturated carbocycles. The van der Waals surface area contributed by atoms with E-state index in [2.05, 4.69) is 31.1 Å². The van der Waals surface area contributed by atoms with Crippen LogP contribution in [0.3, 0.4) is 0 Å². The molecule has 1 aromatic heterocycles. The first-order valence-corrected chi connectivity index (χ1v) is 7.38. The van der Waals surface area contributed by atoms with Crippen LogP contribution in [0.25, 0.3) is 0 Å². The first-order valence-electron chi connectivity index (χ1n) is 7.01. The molecule has 0 aliphatic heterocycles. The van der Waals surface area contributed by atoms with Crippen LogP contribution in [-0.2, 0) is 13.0 Å². The van der Waals surface area contributed by atoms with Gasteiger partial charge in [0.1, 0.15) is 6.10 Å². The summed E-state index contributed by atoms with van der Waals surface area (Å²) >= 11 is 6.13. The number of rotatable bonds is 5. The van der Waals surface area contributed by atoms with E-state index in [1.165, 1.54) is 5.56 Å². The van der Waals surface area contributed by atoms with E-state index in [9.17, 15) is 5.11 Å². The van der Waals surface area contributed by atoms with Gasteiger partial charge in [0.25, 0.3) is 0 Å². The largest absolute Gasteiger partial charge is 0.382 e. The van der Waals surface area contributed by atoms with Crippen molar-refractivity contribution in [3.63, 3.8) is 0 Å². The smallest absolute Gasteiger partial charge is 0.122 e. The van der Waals surface area contributed by atoms with Crippen molar-refractivity contribution in [1.29, 1.82) is 0 Å². The molecule has 1 N–H and O–H groups in total. The fourth-order valence-electron chi connectivity index (χ4n) is 2.36. The minimum absolute atomic E-state index is 0.505. The van der Waals surface area contributed by atoms with E-state index in [-0.39, 0.29) is 0 Å². The molecule has 1 aromatic carbocycles. The summed E-state index contributed by atoms with van der Waals surface area (Å²) in [5, 5.41) is 15.2. The maximum Gasteiger partial charge on any atom is 0.122 e. The number of aromatic nitrogens is 2. The van der Waals surface area contributed by atoms with Crippen LogP contribution in [0.15, 0.2) is 30.5 Å². The number of halogens is 1. The van der Waals surface area contributed by atoms with Crippen LogP contribution < -0.4 is 0 Å². The number of hydrogen-bond donors (Lipinski definition) is 1. The molecule has 0 aliphatic rings. The minimum atomic E-state index is -0.738. The molecule has 1 atom stereocenters. The second-order valence-electron chi connectivity index (χ2n) is 5.44. The van der Waals surface area contributed by atoms with Gasteiger partial charge in [0.05, 0.1) is 16.9 Å². The Kier molecular flexibility index (Phi) is 4.84. The maximum absolute atomic E-state index is 10.5. The Morgan fingerprint density at radius 3 is 2.45 bits per heavy atom. The van der Waals surface area contributed by atoms with Crippen molar-refractivity contribution in [3.05, 3.63) is 52.3 Å². The Balaban J connectivity index is 2.24. The number of hydrogen-bond acceptors (Lipinski definition) is 2. The molecule has 0 radical (unpaired) electrons. The van der Waals surface area contributed by atoms with Gasteiger partial charge < -0.3 is 5.11 Å². The molecule has 1 unspecified atom stereocenters. The van der Waals surface area contributed by atoms with Crippen molar-refractivity contribution in [1.82, 2.24) is 9.78 Å². The highest BCUT2D eigenvalue weighted by Crippen LogP contribution is 2.28. The molecule has 1 heterocycles. The van der Waals surface area contributed by atoms with Crippen molar-refractivity contribution >= 4 is 11.6 Å². The lowest BCUT2D eigenvalue weighted by molar-refractivity contribution is 0.208. The summed E-state index contributed by atoms with van der Waals surface area (Å²) in [6.45, 7) is 7.06. The van der Waals surface area contributed by atoms with Crippen molar-refractivity contribution in [2.24, 2.45) is 5.92 Å². The van der Waals surface area contributed by atoms with E-state index in [1.807, 2.05) is 19.1 Å². The molecular formula is C16H21ClN2O. The van der Waals surface area contributed by atoms with Gasteiger partial charge in [-0.2, -0.15) is 5.10 Å². The summed E-state index contributed by atoms with van der Waals surface area (Å²) < 4.78 is 1.73. The van der Waals surface area contributed by atoms with Gasteiger partial charge in [0.2, 0.25) is 0 Å². The number of benzene rings is 1. The summed E-state index contributed by atoms with van der Waals surface area (Å²) in [4.78, 5) is 0.